The van der Waals surface area contributed by atoms with E-state index >= 15 is 0 Å². The van der Waals surface area contributed by atoms with E-state index < -0.39 is 27.7 Å². The lowest BCUT2D eigenvalue weighted by molar-refractivity contribution is -0.147. The van der Waals surface area contributed by atoms with Crippen LogP contribution in [0.25, 0.3) is 0 Å². The van der Waals surface area contributed by atoms with Gasteiger partial charge in [-0.15, -0.1) is 0 Å². The second-order valence-electron chi connectivity index (χ2n) is 4.13. The van der Waals surface area contributed by atoms with E-state index in [1.165, 1.54) is 4.90 Å². The van der Waals surface area contributed by atoms with Crippen LogP contribution in [0.5, 0.6) is 0 Å². The number of aliphatic hydroxyl groups excluding tert-OH is 1. The van der Waals surface area contributed by atoms with Gasteiger partial charge in [-0.05, 0) is 13.3 Å². The molecule has 8 heteroatoms. The molecule has 1 saturated heterocycles. The molecule has 0 radical (unpaired) electrons. The Morgan fingerprint density at radius 1 is 1.44 bits per heavy atom. The fourth-order valence-corrected chi connectivity index (χ4v) is 3.70. The van der Waals surface area contributed by atoms with Gasteiger partial charge in [0.05, 0.1) is 18.1 Å². The Morgan fingerprint density at radius 3 is 2.56 bits per heavy atom. The van der Waals surface area contributed by atoms with Gasteiger partial charge in [-0.25, -0.2) is 8.42 Å². The Kier molecular flexibility index (Phi) is 5.09. The van der Waals surface area contributed by atoms with Gasteiger partial charge in [-0.3, -0.25) is 9.59 Å². The average Bonchev–Trinajstić information content (AvgIpc) is 2.67. The van der Waals surface area contributed by atoms with Gasteiger partial charge in [-0.1, -0.05) is 0 Å². The Labute approximate surface area is 106 Å². The molecule has 1 aliphatic rings. The van der Waals surface area contributed by atoms with Crippen LogP contribution in [0.2, 0.25) is 0 Å². The number of amides is 2. The molecule has 0 spiro atoms. The summed E-state index contributed by atoms with van der Waals surface area (Å²) in [5, 5.41) is 10.8. The molecule has 1 fully saturated rings. The first-order valence-corrected chi connectivity index (χ1v) is 7.63. The zero-order chi connectivity index (χ0) is 13.8. The highest BCUT2D eigenvalue weighted by Crippen LogP contribution is 2.17. The molecule has 1 heterocycles. The van der Waals surface area contributed by atoms with Gasteiger partial charge in [0.2, 0.25) is 0 Å². The van der Waals surface area contributed by atoms with Crippen molar-refractivity contribution in [2.75, 3.05) is 31.2 Å². The number of aliphatic hydroxyl groups is 1. The van der Waals surface area contributed by atoms with Crippen LogP contribution in [-0.2, 0) is 19.4 Å². The molecule has 0 bridgehead atoms. The Morgan fingerprint density at radius 2 is 2.11 bits per heavy atom. The standard InChI is InChI=1S/C10H18N2O5S/c1-2-12(8-3-6-18(16,17)7-8)10(15)9(14)11-4-5-13/h8,13H,2-7H2,1H3,(H,11,14). The third-order valence-electron chi connectivity index (χ3n) is 2.84. The summed E-state index contributed by atoms with van der Waals surface area (Å²) in [5.41, 5.74) is 0. The highest BCUT2D eigenvalue weighted by molar-refractivity contribution is 7.91. The van der Waals surface area contributed by atoms with Crippen molar-refractivity contribution >= 4 is 21.7 Å². The molecule has 1 unspecified atom stereocenters. The van der Waals surface area contributed by atoms with E-state index in [-0.39, 0.29) is 31.2 Å². The van der Waals surface area contributed by atoms with E-state index in [1.807, 2.05) is 0 Å². The lowest BCUT2D eigenvalue weighted by atomic mass is 10.2. The molecule has 0 aromatic rings. The summed E-state index contributed by atoms with van der Waals surface area (Å²) in [6, 6.07) is -0.424. The maximum atomic E-state index is 11.8. The van der Waals surface area contributed by atoms with Gasteiger partial charge in [0.25, 0.3) is 0 Å². The number of hydrogen-bond donors (Lipinski definition) is 2. The van der Waals surface area contributed by atoms with Crippen LogP contribution in [0.4, 0.5) is 0 Å². The van der Waals surface area contributed by atoms with Crippen molar-refractivity contribution in [2.24, 2.45) is 0 Å². The fourth-order valence-electron chi connectivity index (χ4n) is 1.96. The monoisotopic (exact) mass is 278 g/mol. The molecule has 18 heavy (non-hydrogen) atoms. The zero-order valence-electron chi connectivity index (χ0n) is 10.3. The van der Waals surface area contributed by atoms with E-state index in [0.29, 0.717) is 6.42 Å². The third kappa shape index (κ3) is 3.67. The number of carbonyl (C=O) groups is 2. The van der Waals surface area contributed by atoms with Crippen molar-refractivity contribution in [3.63, 3.8) is 0 Å². The largest absolute Gasteiger partial charge is 0.395 e. The Bertz CT molecular complexity index is 420. The predicted octanol–water partition coefficient (Wildman–Crippen LogP) is -1.87. The maximum Gasteiger partial charge on any atom is 0.312 e. The van der Waals surface area contributed by atoms with Gasteiger partial charge < -0.3 is 15.3 Å². The van der Waals surface area contributed by atoms with E-state index in [2.05, 4.69) is 5.32 Å². The van der Waals surface area contributed by atoms with Gasteiger partial charge in [0.15, 0.2) is 9.84 Å². The summed E-state index contributed by atoms with van der Waals surface area (Å²) in [5.74, 6) is -1.58. The second kappa shape index (κ2) is 6.14. The number of rotatable bonds is 4. The molecule has 0 saturated carbocycles. The number of nitrogens with zero attached hydrogens (tertiary/aromatic N) is 1. The maximum absolute atomic E-state index is 11.8. The van der Waals surface area contributed by atoms with Crippen LogP contribution in [0.1, 0.15) is 13.3 Å². The first kappa shape index (κ1) is 14.9. The minimum Gasteiger partial charge on any atom is -0.395 e. The summed E-state index contributed by atoms with van der Waals surface area (Å²) in [6.45, 7) is 1.74. The normalized spacial score (nSPS) is 21.6. The molecule has 104 valence electrons. The molecule has 7 nitrogen and oxygen atoms in total. The van der Waals surface area contributed by atoms with Crippen LogP contribution < -0.4 is 5.32 Å². The van der Waals surface area contributed by atoms with E-state index in [0.717, 1.165) is 0 Å². The minimum absolute atomic E-state index is 0.00505. The first-order valence-electron chi connectivity index (χ1n) is 5.81. The quantitative estimate of drug-likeness (QED) is 0.586. The molecule has 1 aliphatic heterocycles. The SMILES string of the molecule is CCN(C(=O)C(=O)NCCO)C1CCS(=O)(=O)C1. The molecule has 0 aliphatic carbocycles. The lowest BCUT2D eigenvalue weighted by Crippen LogP contribution is -2.48. The topological polar surface area (TPSA) is 104 Å². The molecule has 0 aromatic carbocycles. The highest BCUT2D eigenvalue weighted by atomic mass is 32.2. The second-order valence-corrected chi connectivity index (χ2v) is 6.36. The first-order chi connectivity index (χ1) is 8.41. The molecule has 2 amide bonds. The summed E-state index contributed by atoms with van der Waals surface area (Å²) < 4.78 is 22.7. The van der Waals surface area contributed by atoms with Crippen LogP contribution in [0.3, 0.4) is 0 Å². The summed E-state index contributed by atoms with van der Waals surface area (Å²) in [6.07, 6.45) is 0.370. The smallest absolute Gasteiger partial charge is 0.312 e. The molecule has 1 rings (SSSR count). The summed E-state index contributed by atoms with van der Waals surface area (Å²) >= 11 is 0. The van der Waals surface area contributed by atoms with E-state index in [1.54, 1.807) is 6.92 Å². The highest BCUT2D eigenvalue weighted by Gasteiger charge is 2.35. The number of carbonyl (C=O) groups excluding carboxylic acids is 2. The predicted molar refractivity (Wildman–Crippen MR) is 64.5 cm³/mol. The molecule has 2 N–H and O–H groups in total. The van der Waals surface area contributed by atoms with Gasteiger partial charge in [0.1, 0.15) is 0 Å². The van der Waals surface area contributed by atoms with Gasteiger partial charge in [0, 0.05) is 19.1 Å². The average molecular weight is 278 g/mol. The minimum atomic E-state index is -3.09. The molecule has 1 atom stereocenters. The van der Waals surface area contributed by atoms with Crippen LogP contribution in [-0.4, -0.2) is 67.5 Å². The zero-order valence-corrected chi connectivity index (χ0v) is 11.1. The molecular weight excluding hydrogens is 260 g/mol. The van der Waals surface area contributed by atoms with Crippen LogP contribution in [0.15, 0.2) is 0 Å². The number of hydrogen-bond acceptors (Lipinski definition) is 5. The molecule has 0 aromatic heterocycles. The summed E-state index contributed by atoms with van der Waals surface area (Å²) in [4.78, 5) is 24.5. The van der Waals surface area contributed by atoms with Crippen molar-refractivity contribution in [3.8, 4) is 0 Å². The number of nitrogens with one attached hydrogen (secondary N) is 1. The Balaban J connectivity index is 2.66. The van der Waals surface area contributed by atoms with Crippen molar-refractivity contribution in [1.29, 1.82) is 0 Å². The van der Waals surface area contributed by atoms with Crippen molar-refractivity contribution in [3.05, 3.63) is 0 Å². The molecular formula is C10H18N2O5S. The number of likely N-dealkylation sites (N-methyl/N-ethyl adjacent to an activating group) is 1. The fraction of sp³-hybridized carbons (Fsp3) is 0.800. The number of sulfone groups is 1. The van der Waals surface area contributed by atoms with Gasteiger partial charge in [-0.2, -0.15) is 0 Å². The summed E-state index contributed by atoms with van der Waals surface area (Å²) in [7, 11) is -3.09. The van der Waals surface area contributed by atoms with Crippen molar-refractivity contribution in [1.82, 2.24) is 10.2 Å². The van der Waals surface area contributed by atoms with Gasteiger partial charge >= 0.3 is 11.8 Å². The van der Waals surface area contributed by atoms with Crippen molar-refractivity contribution < 1.29 is 23.1 Å². The van der Waals surface area contributed by atoms with E-state index in [9.17, 15) is 18.0 Å². The Hall–Kier alpha value is -1.15. The van der Waals surface area contributed by atoms with Crippen LogP contribution in [0, 0.1) is 0 Å². The lowest BCUT2D eigenvalue weighted by Gasteiger charge is -2.25. The van der Waals surface area contributed by atoms with E-state index in [4.69, 9.17) is 5.11 Å². The van der Waals surface area contributed by atoms with Crippen LogP contribution >= 0.6 is 0 Å². The van der Waals surface area contributed by atoms with Crippen molar-refractivity contribution in [2.45, 2.75) is 19.4 Å². The third-order valence-corrected chi connectivity index (χ3v) is 4.59.